The van der Waals surface area contributed by atoms with E-state index in [1.807, 2.05) is 0 Å². The van der Waals surface area contributed by atoms with Crippen molar-refractivity contribution in [3.8, 4) is 0 Å². The maximum Gasteiger partial charge on any atom is 0.187 e. The Bertz CT molecular complexity index is 1580. The quantitative estimate of drug-likeness (QED) is 0.0537. The van der Waals surface area contributed by atoms with Gasteiger partial charge in [0.1, 0.15) is 85.3 Å². The largest absolute Gasteiger partial charge is 0.394 e. The lowest BCUT2D eigenvalue weighted by atomic mass is 9.83. The van der Waals surface area contributed by atoms with Crippen LogP contribution in [0.5, 0.6) is 0 Å². The third-order valence-electron chi connectivity index (χ3n) is 9.83. The molecule has 4 fully saturated rings. The van der Waals surface area contributed by atoms with E-state index < -0.39 is 153 Å². The number of nitrogens with one attached hydrogen (secondary N) is 4. The van der Waals surface area contributed by atoms with Gasteiger partial charge < -0.3 is 132 Å². The molecule has 0 amide bonds. The number of hydrogen-bond acceptors (Lipinski definition) is 19. The highest BCUT2D eigenvalue weighted by atomic mass is 16.8. The summed E-state index contributed by atoms with van der Waals surface area (Å²) in [6, 6.07) is -5.42. The summed E-state index contributed by atoms with van der Waals surface area (Å²) in [7, 11) is 0. The average molecular weight is 867 g/mol. The number of guanidine groups is 6. The SMILES string of the molecule is N=C(N)NC[C@H]1O[C@H](O[C@H]2[C@H](O[C@@H]3O[C@H](CO)[C@@H](O[C@H]4O[C@@H](CN=C(N)N)[C@@H](O)[C@H](O)[C@H]4N=C(N)N)[C@H]3O)[C@@H](O)[C@H](NC(=N)N)C[C@@H]2N=C(N)N)[C@H](N=C(N)N)[C@@H](O)[C@@H]1O. The molecule has 1 aliphatic carbocycles. The van der Waals surface area contributed by atoms with Gasteiger partial charge in [0.25, 0.3) is 0 Å². The zero-order valence-corrected chi connectivity index (χ0v) is 31.9. The van der Waals surface area contributed by atoms with E-state index in [0.717, 1.165) is 0 Å². The maximum atomic E-state index is 11.8. The van der Waals surface area contributed by atoms with Crippen LogP contribution in [0.3, 0.4) is 0 Å². The van der Waals surface area contributed by atoms with Gasteiger partial charge in [0.15, 0.2) is 54.6 Å². The van der Waals surface area contributed by atoms with Gasteiger partial charge in [-0.25, -0.2) is 15.0 Å². The van der Waals surface area contributed by atoms with E-state index in [-0.39, 0.29) is 25.5 Å². The van der Waals surface area contributed by atoms with Crippen molar-refractivity contribution in [2.75, 3.05) is 19.7 Å². The highest BCUT2D eigenvalue weighted by Crippen LogP contribution is 2.37. The van der Waals surface area contributed by atoms with Crippen LogP contribution in [0.15, 0.2) is 20.0 Å². The van der Waals surface area contributed by atoms with Crippen molar-refractivity contribution >= 4 is 35.8 Å². The zero-order chi connectivity index (χ0) is 44.7. The lowest BCUT2D eigenvalue weighted by Gasteiger charge is -2.47. The van der Waals surface area contributed by atoms with Crippen molar-refractivity contribution in [1.29, 1.82) is 10.8 Å². The molecule has 31 heteroatoms. The number of nitrogens with two attached hydrogens (primary N) is 10. The van der Waals surface area contributed by atoms with Crippen molar-refractivity contribution in [3.63, 3.8) is 0 Å². The molecule has 19 atom stereocenters. The molecular formula is C29H58N18O13. The maximum absolute atomic E-state index is 11.8. The minimum atomic E-state index is -1.87. The van der Waals surface area contributed by atoms with Crippen LogP contribution >= 0.6 is 0 Å². The molecule has 4 aliphatic rings. The van der Waals surface area contributed by atoms with E-state index in [1.165, 1.54) is 0 Å². The molecule has 0 aromatic carbocycles. The summed E-state index contributed by atoms with van der Waals surface area (Å²) in [5, 5.41) is 97.9. The van der Waals surface area contributed by atoms with Crippen molar-refractivity contribution in [1.82, 2.24) is 10.6 Å². The normalized spacial score (nSPS) is 40.4. The van der Waals surface area contributed by atoms with Crippen LogP contribution in [0, 0.1) is 10.8 Å². The average Bonchev–Trinajstić information content (AvgIpc) is 3.44. The van der Waals surface area contributed by atoms with Crippen LogP contribution in [0.1, 0.15) is 6.42 Å². The standard InChI is InChI=1S/C29H58N18O13/c30-24(31)42-2-7-13(50)15(52)10(46-28(38)39)21(55-7)58-18-6(45-27(36)37)1-5(44-26(34)35)12(49)20(18)60-23-17(54)19(9(4-48)57-23)59-22-11(47-29(40)41)16(53)14(51)8(56-22)3-43-25(32)33/h5-23,48-54H,1-4H2,(H4,30,31,42)(H4,32,33,43)(H4,34,35,44)(H4,36,37,45)(H4,38,39,46)(H4,40,41,47)/t5-,6+,7-,8+,9-,10-,11-,12+,13-,14-,15-,16-,17-,18-,19-,20-,21-,22-,23+/m1/s1. The van der Waals surface area contributed by atoms with Crippen LogP contribution in [-0.2, 0) is 28.4 Å². The number of nitrogens with zero attached hydrogens (tertiary/aromatic N) is 4. The second-order valence-corrected chi connectivity index (χ2v) is 14.2. The van der Waals surface area contributed by atoms with Gasteiger partial charge in [0, 0.05) is 6.54 Å². The lowest BCUT2D eigenvalue weighted by Crippen LogP contribution is -2.66. The molecule has 342 valence electrons. The van der Waals surface area contributed by atoms with E-state index in [0.29, 0.717) is 0 Å². The number of rotatable bonds is 15. The minimum Gasteiger partial charge on any atom is -0.394 e. The van der Waals surface area contributed by atoms with Crippen molar-refractivity contribution in [2.45, 2.75) is 123 Å². The molecule has 0 bridgehead atoms. The second-order valence-electron chi connectivity index (χ2n) is 14.2. The van der Waals surface area contributed by atoms with Gasteiger partial charge in [-0.05, 0) is 6.42 Å². The molecule has 31 N–H and O–H groups in total. The Kier molecular flexibility index (Phi) is 16.4. The molecule has 3 saturated heterocycles. The number of aliphatic hydroxyl groups is 7. The Balaban J connectivity index is 1.71. The number of aliphatic imine (C=N–C) groups is 4. The Morgan fingerprint density at radius 1 is 0.567 bits per heavy atom. The Labute approximate surface area is 341 Å². The highest BCUT2D eigenvalue weighted by molar-refractivity contribution is 5.77. The summed E-state index contributed by atoms with van der Waals surface area (Å²) in [6.07, 6.45) is -24.6. The first-order chi connectivity index (χ1) is 28.1. The van der Waals surface area contributed by atoms with E-state index >= 15 is 0 Å². The van der Waals surface area contributed by atoms with Gasteiger partial charge in [-0.3, -0.25) is 15.8 Å². The Hall–Kier alpha value is -4.90. The van der Waals surface area contributed by atoms with Crippen LogP contribution < -0.4 is 68.0 Å². The van der Waals surface area contributed by atoms with Gasteiger partial charge >= 0.3 is 0 Å². The predicted molar refractivity (Wildman–Crippen MR) is 207 cm³/mol. The number of aliphatic hydroxyl groups excluding tert-OH is 7. The second kappa shape index (κ2) is 20.6. The number of hydrogen-bond donors (Lipinski definition) is 21. The molecule has 4 rings (SSSR count). The molecule has 0 radical (unpaired) electrons. The van der Waals surface area contributed by atoms with E-state index in [2.05, 4.69) is 30.6 Å². The minimum absolute atomic E-state index is 0.206. The molecule has 0 unspecified atom stereocenters. The van der Waals surface area contributed by atoms with Crippen LogP contribution in [0.25, 0.3) is 0 Å². The van der Waals surface area contributed by atoms with Gasteiger partial charge in [0.2, 0.25) is 0 Å². The molecule has 0 spiro atoms. The summed E-state index contributed by atoms with van der Waals surface area (Å²) in [5.41, 5.74) is 55.9. The molecule has 3 aliphatic heterocycles. The molecule has 0 aromatic rings. The molecular weight excluding hydrogens is 808 g/mol. The molecule has 1 saturated carbocycles. The van der Waals surface area contributed by atoms with Gasteiger partial charge in [-0.2, -0.15) is 0 Å². The number of ether oxygens (including phenoxy) is 6. The summed E-state index contributed by atoms with van der Waals surface area (Å²) < 4.78 is 36.2. The molecule has 60 heavy (non-hydrogen) atoms. The first kappa shape index (κ1) is 47.8. The van der Waals surface area contributed by atoms with E-state index in [1.54, 1.807) is 0 Å². The summed E-state index contributed by atoms with van der Waals surface area (Å²) in [6.45, 7) is -1.50. The fourth-order valence-corrected chi connectivity index (χ4v) is 7.16. The molecule has 31 nitrogen and oxygen atoms in total. The van der Waals surface area contributed by atoms with Crippen molar-refractivity contribution in [2.24, 2.45) is 77.3 Å². The van der Waals surface area contributed by atoms with E-state index in [4.69, 9.17) is 96.6 Å². The van der Waals surface area contributed by atoms with Gasteiger partial charge in [-0.1, -0.05) is 0 Å². The van der Waals surface area contributed by atoms with Crippen molar-refractivity contribution in [3.05, 3.63) is 0 Å². The third-order valence-corrected chi connectivity index (χ3v) is 9.83. The first-order valence-corrected chi connectivity index (χ1v) is 18.2. The smallest absolute Gasteiger partial charge is 0.187 e. The van der Waals surface area contributed by atoms with Gasteiger partial charge in [-0.15, -0.1) is 0 Å². The van der Waals surface area contributed by atoms with Crippen LogP contribution in [0.4, 0.5) is 0 Å². The van der Waals surface area contributed by atoms with Crippen LogP contribution in [0.2, 0.25) is 0 Å². The topological polar surface area (TPSA) is 578 Å². The van der Waals surface area contributed by atoms with E-state index in [9.17, 15) is 35.7 Å². The summed E-state index contributed by atoms with van der Waals surface area (Å²) in [4.78, 5) is 15.9. The third kappa shape index (κ3) is 11.7. The Morgan fingerprint density at radius 2 is 1.07 bits per heavy atom. The zero-order valence-electron chi connectivity index (χ0n) is 31.9. The fourth-order valence-electron chi connectivity index (χ4n) is 7.16. The molecule has 0 aromatic heterocycles. The molecule has 3 heterocycles. The predicted octanol–water partition coefficient (Wildman–Crippen LogP) is -12.6. The van der Waals surface area contributed by atoms with Crippen molar-refractivity contribution < 1.29 is 64.2 Å². The monoisotopic (exact) mass is 866 g/mol. The highest BCUT2D eigenvalue weighted by Gasteiger charge is 2.56. The lowest BCUT2D eigenvalue weighted by molar-refractivity contribution is -0.307. The van der Waals surface area contributed by atoms with Crippen LogP contribution in [-0.4, -0.2) is 207 Å². The Morgan fingerprint density at radius 3 is 1.57 bits per heavy atom. The van der Waals surface area contributed by atoms with Gasteiger partial charge in [0.05, 0.1) is 25.2 Å². The summed E-state index contributed by atoms with van der Waals surface area (Å²) >= 11 is 0. The summed E-state index contributed by atoms with van der Waals surface area (Å²) in [5.74, 6) is -3.01. The fraction of sp³-hybridized carbons (Fsp3) is 0.793. The first-order valence-electron chi connectivity index (χ1n) is 18.2.